The lowest BCUT2D eigenvalue weighted by molar-refractivity contribution is -0.109. The first-order valence-electron chi connectivity index (χ1n) is 7.36. The Hall–Kier alpha value is -0.555. The van der Waals surface area contributed by atoms with E-state index < -0.39 is 7.12 Å². The van der Waals surface area contributed by atoms with E-state index in [9.17, 15) is 4.79 Å². The molecule has 1 fully saturated rings. The Balaban J connectivity index is 2.28. The highest BCUT2D eigenvalue weighted by atomic mass is 32.2. The van der Waals surface area contributed by atoms with E-state index in [0.29, 0.717) is 5.75 Å². The number of hydrogen-bond acceptors (Lipinski definition) is 5. The molecule has 1 aromatic heterocycles. The van der Waals surface area contributed by atoms with Gasteiger partial charge in [-0.15, -0.1) is 11.3 Å². The summed E-state index contributed by atoms with van der Waals surface area (Å²) in [7, 11) is -0.406. The maximum absolute atomic E-state index is 11.3. The molecule has 2 heterocycles. The number of carbonyl (C=O) groups is 1. The van der Waals surface area contributed by atoms with Crippen molar-refractivity contribution in [2.45, 2.75) is 52.7 Å². The third-order valence-corrected chi connectivity index (χ3v) is 5.98. The van der Waals surface area contributed by atoms with Gasteiger partial charge in [-0.3, -0.25) is 4.79 Å². The van der Waals surface area contributed by atoms with Crippen LogP contribution in [0.1, 0.15) is 45.1 Å². The third-order valence-electron chi connectivity index (χ3n) is 4.24. The summed E-state index contributed by atoms with van der Waals surface area (Å²) in [6.45, 7) is 11.8. The lowest BCUT2D eigenvalue weighted by atomic mass is 9.78. The van der Waals surface area contributed by atoms with Crippen LogP contribution in [-0.4, -0.2) is 29.2 Å². The summed E-state index contributed by atoms with van der Waals surface area (Å²) in [5.74, 6) is 0.585. The summed E-state index contributed by atoms with van der Waals surface area (Å²) < 4.78 is 12.3. The Morgan fingerprint density at radius 1 is 1.32 bits per heavy atom. The first-order chi connectivity index (χ1) is 10.1. The van der Waals surface area contributed by atoms with Gasteiger partial charge in [0.05, 0.1) is 11.2 Å². The average molecular weight is 338 g/mol. The van der Waals surface area contributed by atoms with E-state index in [1.165, 1.54) is 22.2 Å². The highest BCUT2D eigenvalue weighted by Gasteiger charge is 2.52. The van der Waals surface area contributed by atoms with Gasteiger partial charge in [0.1, 0.15) is 0 Å². The lowest BCUT2D eigenvalue weighted by Crippen LogP contribution is -2.41. The predicted molar refractivity (Wildman–Crippen MR) is 96.3 cm³/mol. The molecule has 1 aromatic rings. The van der Waals surface area contributed by atoms with Gasteiger partial charge in [0.15, 0.2) is 5.12 Å². The van der Waals surface area contributed by atoms with E-state index in [1.807, 2.05) is 27.7 Å². The number of thiophene rings is 1. The van der Waals surface area contributed by atoms with Crippen LogP contribution in [0.25, 0.3) is 6.08 Å². The predicted octanol–water partition coefficient (Wildman–Crippen LogP) is 4.35. The molecule has 0 spiro atoms. The molecule has 0 unspecified atom stereocenters. The van der Waals surface area contributed by atoms with Gasteiger partial charge in [-0.25, -0.2) is 0 Å². The Labute approximate surface area is 141 Å². The molecule has 1 aliphatic heterocycles. The molecule has 1 aliphatic rings. The molecule has 0 bridgehead atoms. The average Bonchev–Trinajstić information content (AvgIpc) is 2.86. The molecule has 0 aromatic carbocycles. The Morgan fingerprint density at radius 2 is 1.91 bits per heavy atom. The molecule has 0 amide bonds. The van der Waals surface area contributed by atoms with E-state index >= 15 is 0 Å². The van der Waals surface area contributed by atoms with Crippen molar-refractivity contribution >= 4 is 41.4 Å². The van der Waals surface area contributed by atoms with E-state index in [0.717, 1.165) is 5.47 Å². The molecule has 2 rings (SSSR count). The van der Waals surface area contributed by atoms with Crippen LogP contribution in [0.3, 0.4) is 0 Å². The van der Waals surface area contributed by atoms with Crippen LogP contribution in [0, 0.1) is 6.92 Å². The van der Waals surface area contributed by atoms with E-state index in [-0.39, 0.29) is 16.3 Å². The second kappa shape index (κ2) is 6.52. The summed E-state index contributed by atoms with van der Waals surface area (Å²) in [5, 5.41) is 2.17. The van der Waals surface area contributed by atoms with Crippen molar-refractivity contribution in [3.05, 3.63) is 27.4 Å². The highest BCUT2D eigenvalue weighted by Crippen LogP contribution is 2.39. The summed E-state index contributed by atoms with van der Waals surface area (Å²) in [6.07, 6.45) is 2.10. The van der Waals surface area contributed by atoms with Crippen molar-refractivity contribution in [2.24, 2.45) is 0 Å². The van der Waals surface area contributed by atoms with Gasteiger partial charge in [0.25, 0.3) is 0 Å². The van der Waals surface area contributed by atoms with Crippen LogP contribution in [0.5, 0.6) is 0 Å². The van der Waals surface area contributed by atoms with Gasteiger partial charge >= 0.3 is 7.12 Å². The number of hydrogen-bond donors (Lipinski definition) is 0. The normalized spacial score (nSPS) is 20.5. The van der Waals surface area contributed by atoms with Gasteiger partial charge in [0.2, 0.25) is 0 Å². The van der Waals surface area contributed by atoms with Crippen molar-refractivity contribution in [1.29, 1.82) is 0 Å². The number of rotatable bonds is 4. The van der Waals surface area contributed by atoms with Crippen molar-refractivity contribution < 1.29 is 14.1 Å². The zero-order chi connectivity index (χ0) is 16.5. The van der Waals surface area contributed by atoms with Gasteiger partial charge in [-0.1, -0.05) is 17.8 Å². The quantitative estimate of drug-likeness (QED) is 0.765. The highest BCUT2D eigenvalue weighted by molar-refractivity contribution is 8.13. The Morgan fingerprint density at radius 3 is 2.36 bits per heavy atom. The number of aryl methyl sites for hydroxylation is 1. The minimum absolute atomic E-state index is 0.101. The van der Waals surface area contributed by atoms with Crippen LogP contribution in [-0.2, 0) is 14.1 Å². The molecule has 0 radical (unpaired) electrons. The summed E-state index contributed by atoms with van der Waals surface area (Å²) >= 11 is 3.00. The molecule has 0 atom stereocenters. The first-order valence-corrected chi connectivity index (χ1v) is 9.22. The smallest absolute Gasteiger partial charge is 0.400 e. The largest absolute Gasteiger partial charge is 0.491 e. The SMILES string of the molecule is CC(=O)SCC(=Cc1ccsc1C)B1OC(C)(C)C(C)(C)O1. The number of thioether (sulfide) groups is 1. The molecular weight excluding hydrogens is 315 g/mol. The molecule has 0 saturated carbocycles. The van der Waals surface area contributed by atoms with Crippen molar-refractivity contribution in [3.63, 3.8) is 0 Å². The fraction of sp³-hybridized carbons (Fsp3) is 0.562. The monoisotopic (exact) mass is 338 g/mol. The topological polar surface area (TPSA) is 35.5 Å². The molecule has 0 aliphatic carbocycles. The Kier molecular flexibility index (Phi) is 5.27. The van der Waals surface area contributed by atoms with E-state index in [4.69, 9.17) is 9.31 Å². The van der Waals surface area contributed by atoms with Gasteiger partial charge in [0, 0.05) is 17.6 Å². The van der Waals surface area contributed by atoms with Crippen molar-refractivity contribution in [3.8, 4) is 0 Å². The fourth-order valence-electron chi connectivity index (χ4n) is 2.10. The zero-order valence-corrected chi connectivity index (χ0v) is 15.7. The minimum Gasteiger partial charge on any atom is -0.400 e. The van der Waals surface area contributed by atoms with Crippen LogP contribution < -0.4 is 0 Å². The summed E-state index contributed by atoms with van der Waals surface area (Å²) in [5.41, 5.74) is 1.42. The Bertz CT molecular complexity index is 574. The van der Waals surface area contributed by atoms with Crippen LogP contribution in [0.2, 0.25) is 0 Å². The van der Waals surface area contributed by atoms with Gasteiger partial charge in [-0.05, 0) is 57.1 Å². The second-order valence-corrected chi connectivity index (χ2v) is 8.79. The third kappa shape index (κ3) is 3.85. The maximum atomic E-state index is 11.3. The summed E-state index contributed by atoms with van der Waals surface area (Å²) in [6, 6.07) is 2.09. The molecule has 120 valence electrons. The van der Waals surface area contributed by atoms with E-state index in [2.05, 4.69) is 24.4 Å². The summed E-state index contributed by atoms with van der Waals surface area (Å²) in [4.78, 5) is 12.6. The first kappa shape index (κ1) is 17.8. The number of carbonyl (C=O) groups excluding carboxylic acids is 1. The second-order valence-electron chi connectivity index (χ2n) is 6.52. The molecule has 0 N–H and O–H groups in total. The fourth-order valence-corrected chi connectivity index (χ4v) is 3.37. The minimum atomic E-state index is -0.406. The van der Waals surface area contributed by atoms with Gasteiger partial charge in [-0.2, -0.15) is 0 Å². The standard InChI is InChI=1S/C16H23BO3S2/c1-11-13(7-8-21-11)9-14(10-22-12(2)18)17-19-15(3,4)16(5,6)20-17/h7-9H,10H2,1-6H3. The van der Waals surface area contributed by atoms with E-state index in [1.54, 1.807) is 18.3 Å². The lowest BCUT2D eigenvalue weighted by Gasteiger charge is -2.32. The van der Waals surface area contributed by atoms with Crippen molar-refractivity contribution in [2.75, 3.05) is 5.75 Å². The zero-order valence-electron chi connectivity index (χ0n) is 14.1. The van der Waals surface area contributed by atoms with Gasteiger partial charge < -0.3 is 9.31 Å². The molecule has 22 heavy (non-hydrogen) atoms. The molecule has 1 saturated heterocycles. The van der Waals surface area contributed by atoms with Crippen LogP contribution in [0.4, 0.5) is 0 Å². The van der Waals surface area contributed by atoms with Crippen molar-refractivity contribution in [1.82, 2.24) is 0 Å². The van der Waals surface area contributed by atoms with Crippen LogP contribution >= 0.6 is 23.1 Å². The van der Waals surface area contributed by atoms with Crippen LogP contribution in [0.15, 0.2) is 16.9 Å². The molecule has 3 nitrogen and oxygen atoms in total. The maximum Gasteiger partial charge on any atom is 0.491 e. The molecule has 6 heteroatoms. The molecular formula is C16H23BO3S2.